The molecule has 1 heterocycles. The van der Waals surface area contributed by atoms with Crippen molar-refractivity contribution in [1.29, 1.82) is 0 Å². The van der Waals surface area contributed by atoms with E-state index in [2.05, 4.69) is 36.4 Å². The van der Waals surface area contributed by atoms with Crippen LogP contribution in [0.5, 0.6) is 0 Å². The first-order valence-electron chi connectivity index (χ1n) is 10.8. The van der Waals surface area contributed by atoms with Gasteiger partial charge in [-0.05, 0) is 57.9 Å². The number of hydrogen-bond acceptors (Lipinski definition) is 4. The van der Waals surface area contributed by atoms with Crippen molar-refractivity contribution in [1.82, 2.24) is 4.90 Å². The lowest BCUT2D eigenvalue weighted by atomic mass is 9.99. The minimum absolute atomic E-state index is 0.00635. The number of benzene rings is 1. The molecular weight excluding hydrogens is 366 g/mol. The number of esters is 1. The third-order valence-electron chi connectivity index (χ3n) is 4.94. The molecule has 1 aliphatic rings. The van der Waals surface area contributed by atoms with E-state index in [1.807, 2.05) is 24.8 Å². The molecule has 1 amide bonds. The molecule has 1 fully saturated rings. The van der Waals surface area contributed by atoms with E-state index in [4.69, 9.17) is 9.47 Å². The number of likely N-dealkylation sites (tertiary alicyclic amines) is 1. The van der Waals surface area contributed by atoms with Gasteiger partial charge in [-0.1, -0.05) is 42.5 Å². The van der Waals surface area contributed by atoms with Crippen LogP contribution in [0.1, 0.15) is 57.9 Å². The van der Waals surface area contributed by atoms with Gasteiger partial charge in [-0.15, -0.1) is 0 Å². The van der Waals surface area contributed by atoms with Gasteiger partial charge in [0.25, 0.3) is 0 Å². The van der Waals surface area contributed by atoms with Crippen LogP contribution in [0.4, 0.5) is 0 Å². The fourth-order valence-electron chi connectivity index (χ4n) is 3.52. The average Bonchev–Trinajstić information content (AvgIpc) is 2.69. The standard InChI is InChI=1S/C24H35NO4/c1-20(2)29-24(27)19-28-18-9-8-17-25-22(15-10-16-23(25)26)14-7-6-13-21-11-4-3-5-12-21/h3-5,7,11-12,14,20,22H,6,8-10,13,15-19H2,1-2H3/b14-7+/t22-/m0/s1. The molecule has 2 rings (SSSR count). The van der Waals surface area contributed by atoms with E-state index in [1.165, 1.54) is 5.56 Å². The van der Waals surface area contributed by atoms with Gasteiger partial charge in [0, 0.05) is 25.6 Å². The lowest BCUT2D eigenvalue weighted by Gasteiger charge is -2.34. The number of amides is 1. The van der Waals surface area contributed by atoms with Gasteiger partial charge in [0.15, 0.2) is 0 Å². The molecule has 0 unspecified atom stereocenters. The van der Waals surface area contributed by atoms with Gasteiger partial charge in [-0.2, -0.15) is 0 Å². The number of carbonyl (C=O) groups is 2. The molecule has 1 aromatic rings. The fourth-order valence-corrected chi connectivity index (χ4v) is 3.52. The molecule has 1 aromatic carbocycles. The topological polar surface area (TPSA) is 55.8 Å². The summed E-state index contributed by atoms with van der Waals surface area (Å²) in [6.07, 6.45) is 10.7. The van der Waals surface area contributed by atoms with Crippen molar-refractivity contribution in [3.8, 4) is 0 Å². The van der Waals surface area contributed by atoms with Gasteiger partial charge in [0.05, 0.1) is 6.10 Å². The summed E-state index contributed by atoms with van der Waals surface area (Å²) < 4.78 is 10.4. The summed E-state index contributed by atoms with van der Waals surface area (Å²) in [5.74, 6) is -0.0812. The highest BCUT2D eigenvalue weighted by Crippen LogP contribution is 2.20. The number of unbranched alkanes of at least 4 members (excludes halogenated alkanes) is 1. The number of aryl methyl sites for hydroxylation is 1. The van der Waals surface area contributed by atoms with Crippen molar-refractivity contribution in [2.45, 2.75) is 70.9 Å². The zero-order valence-electron chi connectivity index (χ0n) is 17.8. The van der Waals surface area contributed by atoms with Gasteiger partial charge >= 0.3 is 5.97 Å². The van der Waals surface area contributed by atoms with Gasteiger partial charge < -0.3 is 14.4 Å². The van der Waals surface area contributed by atoms with E-state index in [1.54, 1.807) is 0 Å². The Labute approximate surface area is 175 Å². The molecule has 0 aliphatic carbocycles. The first kappa shape index (κ1) is 23.1. The van der Waals surface area contributed by atoms with Crippen LogP contribution < -0.4 is 0 Å². The normalized spacial score (nSPS) is 17.3. The maximum absolute atomic E-state index is 12.4. The summed E-state index contributed by atoms with van der Waals surface area (Å²) in [5.41, 5.74) is 1.34. The molecule has 0 aromatic heterocycles. The molecule has 0 N–H and O–H groups in total. The molecule has 29 heavy (non-hydrogen) atoms. The van der Waals surface area contributed by atoms with Crippen LogP contribution in [0.2, 0.25) is 0 Å². The number of piperidine rings is 1. The average molecular weight is 402 g/mol. The minimum Gasteiger partial charge on any atom is -0.461 e. The summed E-state index contributed by atoms with van der Waals surface area (Å²) >= 11 is 0. The molecule has 0 saturated carbocycles. The fraction of sp³-hybridized carbons (Fsp3) is 0.583. The highest BCUT2D eigenvalue weighted by Gasteiger charge is 2.25. The maximum atomic E-state index is 12.4. The first-order valence-corrected chi connectivity index (χ1v) is 10.8. The zero-order chi connectivity index (χ0) is 20.9. The van der Waals surface area contributed by atoms with E-state index in [0.29, 0.717) is 13.0 Å². The Morgan fingerprint density at radius 1 is 1.24 bits per heavy atom. The summed E-state index contributed by atoms with van der Waals surface area (Å²) in [6, 6.07) is 10.7. The molecule has 0 spiro atoms. The molecule has 5 nitrogen and oxygen atoms in total. The Balaban J connectivity index is 1.67. The van der Waals surface area contributed by atoms with Crippen molar-refractivity contribution in [3.63, 3.8) is 0 Å². The third-order valence-corrected chi connectivity index (χ3v) is 4.94. The van der Waals surface area contributed by atoms with Gasteiger partial charge in [0.2, 0.25) is 5.91 Å². The number of allylic oxidation sites excluding steroid dienone is 1. The largest absolute Gasteiger partial charge is 0.461 e. The number of nitrogens with zero attached hydrogens (tertiary/aromatic N) is 1. The predicted octanol–water partition coefficient (Wildman–Crippen LogP) is 4.30. The van der Waals surface area contributed by atoms with Crippen LogP contribution in [-0.2, 0) is 25.5 Å². The molecular formula is C24H35NO4. The second-order valence-corrected chi connectivity index (χ2v) is 7.80. The van der Waals surface area contributed by atoms with Crippen LogP contribution in [0.15, 0.2) is 42.5 Å². The second kappa shape index (κ2) is 13.2. The number of ether oxygens (including phenoxy) is 2. The van der Waals surface area contributed by atoms with Gasteiger partial charge in [-0.25, -0.2) is 4.79 Å². The third kappa shape index (κ3) is 9.27. The Kier molecular flexibility index (Phi) is 10.5. The van der Waals surface area contributed by atoms with Gasteiger partial charge in [-0.3, -0.25) is 4.79 Å². The Bertz CT molecular complexity index is 642. The van der Waals surface area contributed by atoms with Crippen LogP contribution >= 0.6 is 0 Å². The number of carbonyl (C=O) groups excluding carboxylic acids is 2. The van der Waals surface area contributed by atoms with Crippen molar-refractivity contribution < 1.29 is 19.1 Å². The first-order chi connectivity index (χ1) is 14.1. The second-order valence-electron chi connectivity index (χ2n) is 7.80. The number of hydrogen-bond donors (Lipinski definition) is 0. The van der Waals surface area contributed by atoms with Crippen LogP contribution in [0, 0.1) is 0 Å². The van der Waals surface area contributed by atoms with Crippen LogP contribution in [0.3, 0.4) is 0 Å². The summed E-state index contributed by atoms with van der Waals surface area (Å²) in [7, 11) is 0. The Hall–Kier alpha value is -2.14. The van der Waals surface area contributed by atoms with Crippen LogP contribution in [-0.4, -0.2) is 48.7 Å². The summed E-state index contributed by atoms with van der Waals surface area (Å²) in [5, 5.41) is 0. The lowest BCUT2D eigenvalue weighted by molar-refractivity contribution is -0.152. The van der Waals surface area contributed by atoms with E-state index in [0.717, 1.165) is 45.1 Å². The smallest absolute Gasteiger partial charge is 0.332 e. The van der Waals surface area contributed by atoms with Crippen LogP contribution in [0.25, 0.3) is 0 Å². The van der Waals surface area contributed by atoms with Gasteiger partial charge in [0.1, 0.15) is 6.61 Å². The van der Waals surface area contributed by atoms with E-state index >= 15 is 0 Å². The SMILES string of the molecule is CC(C)OC(=O)COCCCCN1C(=O)CCC[C@@H]1/C=C/CCc1ccccc1. The Morgan fingerprint density at radius 2 is 2.03 bits per heavy atom. The molecule has 0 radical (unpaired) electrons. The minimum atomic E-state index is -0.327. The summed E-state index contributed by atoms with van der Waals surface area (Å²) in [6.45, 7) is 4.88. The highest BCUT2D eigenvalue weighted by molar-refractivity contribution is 5.77. The van der Waals surface area contributed by atoms with E-state index in [9.17, 15) is 9.59 Å². The maximum Gasteiger partial charge on any atom is 0.332 e. The molecule has 160 valence electrons. The highest BCUT2D eigenvalue weighted by atomic mass is 16.6. The monoisotopic (exact) mass is 401 g/mol. The Morgan fingerprint density at radius 3 is 2.79 bits per heavy atom. The predicted molar refractivity (Wildman–Crippen MR) is 115 cm³/mol. The zero-order valence-corrected chi connectivity index (χ0v) is 17.8. The number of rotatable bonds is 12. The van der Waals surface area contributed by atoms with Crippen molar-refractivity contribution in [3.05, 3.63) is 48.0 Å². The molecule has 1 aliphatic heterocycles. The van der Waals surface area contributed by atoms with E-state index < -0.39 is 0 Å². The molecule has 1 atom stereocenters. The van der Waals surface area contributed by atoms with E-state index in [-0.39, 0.29) is 30.6 Å². The molecule has 5 heteroatoms. The molecule has 1 saturated heterocycles. The molecule has 0 bridgehead atoms. The van der Waals surface area contributed by atoms with Crippen molar-refractivity contribution >= 4 is 11.9 Å². The van der Waals surface area contributed by atoms with Crippen molar-refractivity contribution in [2.75, 3.05) is 19.8 Å². The lowest BCUT2D eigenvalue weighted by Crippen LogP contribution is -2.43. The van der Waals surface area contributed by atoms with Crippen molar-refractivity contribution in [2.24, 2.45) is 0 Å². The quantitative estimate of drug-likeness (QED) is 0.298. The summed E-state index contributed by atoms with van der Waals surface area (Å²) in [4.78, 5) is 25.8.